The number of rotatable bonds is 6. The van der Waals surface area contributed by atoms with Crippen LogP contribution in [0.1, 0.15) is 17.9 Å². The molecule has 0 saturated carbocycles. The van der Waals surface area contributed by atoms with Crippen molar-refractivity contribution in [3.63, 3.8) is 0 Å². The largest absolute Gasteiger partial charge is 0.456 e. The van der Waals surface area contributed by atoms with Crippen molar-refractivity contribution in [3.8, 4) is 56.4 Å². The third-order valence-electron chi connectivity index (χ3n) is 10.9. The van der Waals surface area contributed by atoms with E-state index in [0.29, 0.717) is 17.5 Å². The molecule has 0 aliphatic heterocycles. The molecule has 0 bridgehead atoms. The van der Waals surface area contributed by atoms with Crippen LogP contribution < -0.4 is 9.75 Å². The molecule has 1 aliphatic rings. The van der Waals surface area contributed by atoms with E-state index in [9.17, 15) is 0 Å². The Morgan fingerprint density at radius 1 is 0.482 bits per heavy atom. The first-order chi connectivity index (χ1) is 27.7. The van der Waals surface area contributed by atoms with Crippen LogP contribution in [0.15, 0.2) is 174 Å². The minimum absolute atomic E-state index is 0.266. The Morgan fingerprint density at radius 3 is 1.79 bits per heavy atom. The fourth-order valence-corrected chi connectivity index (χ4v) is 9.42. The third kappa shape index (κ3) is 5.64. The molecule has 0 spiro atoms. The molecular formula is C51H33N3OS. The van der Waals surface area contributed by atoms with Gasteiger partial charge in [-0.05, 0) is 69.8 Å². The van der Waals surface area contributed by atoms with Crippen molar-refractivity contribution in [1.29, 1.82) is 0 Å². The maximum absolute atomic E-state index is 6.50. The van der Waals surface area contributed by atoms with E-state index in [2.05, 4.69) is 121 Å². The molecule has 56 heavy (non-hydrogen) atoms. The normalized spacial score (nSPS) is 13.8. The van der Waals surface area contributed by atoms with Gasteiger partial charge in [-0.15, -0.1) is 11.3 Å². The van der Waals surface area contributed by atoms with Crippen LogP contribution in [-0.4, -0.2) is 15.0 Å². The maximum atomic E-state index is 6.50. The molecule has 0 amide bonds. The van der Waals surface area contributed by atoms with Gasteiger partial charge in [-0.2, -0.15) is 0 Å². The Labute approximate surface area is 327 Å². The van der Waals surface area contributed by atoms with Crippen molar-refractivity contribution in [2.75, 3.05) is 0 Å². The van der Waals surface area contributed by atoms with E-state index in [1.165, 1.54) is 36.5 Å². The number of hydrogen-bond acceptors (Lipinski definition) is 5. The summed E-state index contributed by atoms with van der Waals surface area (Å²) in [6.07, 6.45) is 5.87. The summed E-state index contributed by atoms with van der Waals surface area (Å²) in [4.78, 5) is 14.9. The minimum Gasteiger partial charge on any atom is -0.456 e. The summed E-state index contributed by atoms with van der Waals surface area (Å²) in [5.41, 5.74) is 10.6. The number of benzene rings is 7. The average molecular weight is 736 g/mol. The molecule has 0 N–H and O–H groups in total. The summed E-state index contributed by atoms with van der Waals surface area (Å²) in [5.74, 6) is 2.19. The molecule has 3 aromatic heterocycles. The zero-order chi connectivity index (χ0) is 37.0. The van der Waals surface area contributed by atoms with Crippen molar-refractivity contribution in [2.45, 2.75) is 12.3 Å². The number of furan rings is 1. The second-order valence-corrected chi connectivity index (χ2v) is 15.4. The number of fused-ring (bicyclic) bond motifs is 6. The lowest BCUT2D eigenvalue weighted by atomic mass is 9.90. The van der Waals surface area contributed by atoms with Crippen LogP contribution in [0.4, 0.5) is 0 Å². The van der Waals surface area contributed by atoms with Crippen molar-refractivity contribution < 1.29 is 4.42 Å². The molecule has 10 aromatic rings. The van der Waals surface area contributed by atoms with Crippen LogP contribution in [0.25, 0.3) is 101 Å². The van der Waals surface area contributed by atoms with Gasteiger partial charge in [-0.3, -0.25) is 0 Å². The van der Waals surface area contributed by atoms with E-state index in [1.54, 1.807) is 0 Å². The van der Waals surface area contributed by atoms with Crippen LogP contribution in [-0.2, 0) is 0 Å². The second-order valence-electron chi connectivity index (χ2n) is 14.3. The number of hydrogen-bond donors (Lipinski definition) is 0. The first-order valence-corrected chi connectivity index (χ1v) is 19.8. The number of thiophene rings is 1. The molecule has 0 fully saturated rings. The van der Waals surface area contributed by atoms with Crippen LogP contribution in [0.3, 0.4) is 0 Å². The standard InChI is InChI=1S/C51H33N3OS/c1-4-13-32(14-5-1)39-22-12-24-45-48(39)41-27-25-36(31-46(41)56-45)35-26-28-43-42(30-35)47-40(21-11-23-44(47)55-43)37-19-10-20-38(29-37)51-53-49(33-15-6-2-7-16-33)52-50(54-51)34-17-8-3-9-18-34/h1-24,26-31,36H,25H2. The molecule has 0 radical (unpaired) electrons. The molecule has 264 valence electrons. The Morgan fingerprint density at radius 2 is 1.07 bits per heavy atom. The second kappa shape index (κ2) is 13.4. The minimum atomic E-state index is 0.266. The van der Waals surface area contributed by atoms with Gasteiger partial charge in [0.2, 0.25) is 0 Å². The van der Waals surface area contributed by atoms with Crippen LogP contribution in [0.5, 0.6) is 0 Å². The van der Waals surface area contributed by atoms with E-state index >= 15 is 0 Å². The fourth-order valence-electron chi connectivity index (χ4n) is 8.18. The molecular weight excluding hydrogens is 703 g/mol. The fraction of sp³-hybridized carbons (Fsp3) is 0.0392. The molecule has 5 heteroatoms. The summed E-state index contributed by atoms with van der Waals surface area (Å²) in [5, 5.41) is 4.96. The van der Waals surface area contributed by atoms with Crippen molar-refractivity contribution in [1.82, 2.24) is 15.0 Å². The van der Waals surface area contributed by atoms with Crippen molar-refractivity contribution in [3.05, 3.63) is 185 Å². The predicted octanol–water partition coefficient (Wildman–Crippen LogP) is 12.1. The highest BCUT2D eigenvalue weighted by Crippen LogP contribution is 2.40. The first-order valence-electron chi connectivity index (χ1n) is 19.0. The average Bonchev–Trinajstić information content (AvgIpc) is 3.85. The molecule has 4 nitrogen and oxygen atoms in total. The highest BCUT2D eigenvalue weighted by Gasteiger charge is 2.20. The summed E-state index contributed by atoms with van der Waals surface area (Å²) in [6.45, 7) is 0. The summed E-state index contributed by atoms with van der Waals surface area (Å²) in [6, 6.07) is 59.2. The van der Waals surface area contributed by atoms with Crippen molar-refractivity contribution in [2.24, 2.45) is 0 Å². The predicted molar refractivity (Wildman–Crippen MR) is 232 cm³/mol. The van der Waals surface area contributed by atoms with Gasteiger partial charge in [-0.1, -0.05) is 152 Å². The van der Waals surface area contributed by atoms with Gasteiger partial charge in [0.05, 0.1) is 0 Å². The molecule has 11 rings (SSSR count). The zero-order valence-electron chi connectivity index (χ0n) is 30.3. The highest BCUT2D eigenvalue weighted by molar-refractivity contribution is 7.17. The highest BCUT2D eigenvalue weighted by atomic mass is 32.1. The van der Waals surface area contributed by atoms with Crippen LogP contribution in [0, 0.1) is 0 Å². The lowest BCUT2D eigenvalue weighted by Gasteiger charge is -2.14. The number of nitrogens with zero attached hydrogens (tertiary/aromatic N) is 3. The Balaban J connectivity index is 1.01. The van der Waals surface area contributed by atoms with Gasteiger partial charge >= 0.3 is 0 Å². The van der Waals surface area contributed by atoms with Crippen molar-refractivity contribution >= 4 is 55.5 Å². The zero-order valence-corrected chi connectivity index (χ0v) is 31.1. The summed E-state index contributed by atoms with van der Waals surface area (Å²) < 4.78 is 9.18. The van der Waals surface area contributed by atoms with Gasteiger partial charge < -0.3 is 4.42 Å². The maximum Gasteiger partial charge on any atom is 0.164 e. The lowest BCUT2D eigenvalue weighted by Crippen LogP contribution is -2.24. The van der Waals surface area contributed by atoms with Gasteiger partial charge in [0, 0.05) is 48.0 Å². The molecule has 3 heterocycles. The van der Waals surface area contributed by atoms with E-state index in [-0.39, 0.29) is 5.92 Å². The Bertz CT molecular complexity index is 3170. The van der Waals surface area contributed by atoms with Crippen LogP contribution in [0.2, 0.25) is 0 Å². The van der Waals surface area contributed by atoms with E-state index in [1.807, 2.05) is 72.0 Å². The van der Waals surface area contributed by atoms with Gasteiger partial charge in [-0.25, -0.2) is 15.0 Å². The third-order valence-corrected chi connectivity index (χ3v) is 12.0. The molecule has 7 aromatic carbocycles. The van der Waals surface area contributed by atoms with E-state index in [0.717, 1.165) is 56.2 Å². The first kappa shape index (κ1) is 32.5. The summed E-state index contributed by atoms with van der Waals surface area (Å²) >= 11 is 1.89. The quantitative estimate of drug-likeness (QED) is 0.171. The Kier molecular flexibility index (Phi) is 7.78. The van der Waals surface area contributed by atoms with E-state index < -0.39 is 0 Å². The molecule has 1 aliphatic carbocycles. The Hall–Kier alpha value is -6.95. The molecule has 1 atom stereocenters. The van der Waals surface area contributed by atoms with Gasteiger partial charge in [0.1, 0.15) is 11.2 Å². The lowest BCUT2D eigenvalue weighted by molar-refractivity contribution is 0.668. The molecule has 1 unspecified atom stereocenters. The number of aromatic nitrogens is 3. The van der Waals surface area contributed by atoms with Crippen LogP contribution >= 0.6 is 11.3 Å². The summed E-state index contributed by atoms with van der Waals surface area (Å²) in [7, 11) is 0. The van der Waals surface area contributed by atoms with E-state index in [4.69, 9.17) is 19.4 Å². The molecule has 0 saturated heterocycles. The van der Waals surface area contributed by atoms with Gasteiger partial charge in [0.25, 0.3) is 0 Å². The monoisotopic (exact) mass is 735 g/mol. The van der Waals surface area contributed by atoms with Gasteiger partial charge in [0.15, 0.2) is 17.5 Å². The SMILES string of the molecule is C1=c2sc3cccc(-c4ccccc4)c3c2=CCC1c1ccc2oc3cccc(-c4cccc(-c5nc(-c6ccccc6)nc(-c6ccccc6)n5)c4)c3c2c1. The smallest absolute Gasteiger partial charge is 0.164 e. The topological polar surface area (TPSA) is 51.8 Å².